The Morgan fingerprint density at radius 1 is 1.11 bits per heavy atom. The van der Waals surface area contributed by atoms with Crippen molar-refractivity contribution < 1.29 is 31.8 Å². The summed E-state index contributed by atoms with van der Waals surface area (Å²) in [5.41, 5.74) is 0.110. The number of hydrogen-bond donors (Lipinski definition) is 0. The SMILES string of the molecule is CCCC(=O)c1ccc(OC(F)F)c(OC(F)F)c1. The lowest BCUT2D eigenvalue weighted by Crippen LogP contribution is -2.09. The zero-order chi connectivity index (χ0) is 14.4. The van der Waals surface area contributed by atoms with E-state index in [4.69, 9.17) is 0 Å². The number of benzene rings is 1. The molecule has 0 unspecified atom stereocenters. The van der Waals surface area contributed by atoms with Gasteiger partial charge >= 0.3 is 13.2 Å². The van der Waals surface area contributed by atoms with Gasteiger partial charge in [0.05, 0.1) is 0 Å². The molecule has 0 aromatic heterocycles. The number of carbonyl (C=O) groups is 1. The van der Waals surface area contributed by atoms with Crippen LogP contribution in [-0.2, 0) is 0 Å². The zero-order valence-corrected chi connectivity index (χ0v) is 10.0. The Kier molecular flexibility index (Phi) is 5.59. The van der Waals surface area contributed by atoms with Crippen LogP contribution in [0.25, 0.3) is 0 Å². The summed E-state index contributed by atoms with van der Waals surface area (Å²) in [4.78, 5) is 11.6. The fraction of sp³-hybridized carbons (Fsp3) is 0.417. The predicted octanol–water partition coefficient (Wildman–Crippen LogP) is 3.87. The van der Waals surface area contributed by atoms with E-state index in [1.807, 2.05) is 0 Å². The molecule has 0 N–H and O–H groups in total. The molecule has 0 atom stereocenters. The molecule has 0 aliphatic heterocycles. The Morgan fingerprint density at radius 2 is 1.68 bits per heavy atom. The third kappa shape index (κ3) is 4.76. The molecule has 19 heavy (non-hydrogen) atoms. The highest BCUT2D eigenvalue weighted by atomic mass is 19.3. The van der Waals surface area contributed by atoms with Crippen LogP contribution in [0.1, 0.15) is 30.1 Å². The summed E-state index contributed by atoms with van der Waals surface area (Å²) in [6.07, 6.45) is 0.808. The molecule has 0 saturated carbocycles. The van der Waals surface area contributed by atoms with Crippen LogP contribution in [0.15, 0.2) is 18.2 Å². The lowest BCUT2D eigenvalue weighted by Gasteiger charge is -2.12. The van der Waals surface area contributed by atoms with Gasteiger partial charge in [0.25, 0.3) is 0 Å². The predicted molar refractivity (Wildman–Crippen MR) is 58.9 cm³/mol. The van der Waals surface area contributed by atoms with Gasteiger partial charge in [0, 0.05) is 12.0 Å². The third-order valence-corrected chi connectivity index (χ3v) is 2.17. The van der Waals surface area contributed by atoms with Gasteiger partial charge in [0.2, 0.25) is 0 Å². The highest BCUT2D eigenvalue weighted by Crippen LogP contribution is 2.31. The molecule has 3 nitrogen and oxygen atoms in total. The molecule has 0 radical (unpaired) electrons. The first-order valence-electron chi connectivity index (χ1n) is 5.51. The van der Waals surface area contributed by atoms with E-state index in [1.54, 1.807) is 6.92 Å². The molecule has 7 heteroatoms. The minimum Gasteiger partial charge on any atom is -0.431 e. The highest BCUT2D eigenvalue weighted by Gasteiger charge is 2.17. The monoisotopic (exact) mass is 280 g/mol. The molecule has 0 aliphatic rings. The minimum absolute atomic E-state index is 0.110. The average molecular weight is 280 g/mol. The second-order valence-corrected chi connectivity index (χ2v) is 3.59. The van der Waals surface area contributed by atoms with Gasteiger partial charge in [-0.1, -0.05) is 6.92 Å². The Bertz CT molecular complexity index is 435. The number of ketones is 1. The molecule has 1 aromatic carbocycles. The number of Topliss-reactive ketones (excluding diaryl/α,β-unsaturated/α-hetero) is 1. The molecule has 0 amide bonds. The zero-order valence-electron chi connectivity index (χ0n) is 10.0. The van der Waals surface area contributed by atoms with Crippen LogP contribution < -0.4 is 9.47 Å². The van der Waals surface area contributed by atoms with Gasteiger partial charge < -0.3 is 9.47 Å². The van der Waals surface area contributed by atoms with E-state index >= 15 is 0 Å². The summed E-state index contributed by atoms with van der Waals surface area (Å²) in [5.74, 6) is -1.41. The number of hydrogen-bond acceptors (Lipinski definition) is 3. The maximum absolute atomic E-state index is 12.2. The number of halogens is 4. The third-order valence-electron chi connectivity index (χ3n) is 2.17. The van der Waals surface area contributed by atoms with Gasteiger partial charge in [0.15, 0.2) is 17.3 Å². The molecule has 0 saturated heterocycles. The molecule has 0 aliphatic carbocycles. The number of carbonyl (C=O) groups excluding carboxylic acids is 1. The average Bonchev–Trinajstić information content (AvgIpc) is 2.30. The van der Waals surface area contributed by atoms with Crippen molar-refractivity contribution >= 4 is 5.78 Å². The van der Waals surface area contributed by atoms with Crippen molar-refractivity contribution in [3.8, 4) is 11.5 Å². The summed E-state index contributed by atoms with van der Waals surface area (Å²) >= 11 is 0. The van der Waals surface area contributed by atoms with E-state index in [9.17, 15) is 22.4 Å². The fourth-order valence-corrected chi connectivity index (χ4v) is 1.43. The largest absolute Gasteiger partial charge is 0.431 e. The molecule has 0 bridgehead atoms. The van der Waals surface area contributed by atoms with Gasteiger partial charge in [0.1, 0.15) is 0 Å². The molecular formula is C12H12F4O3. The summed E-state index contributed by atoms with van der Waals surface area (Å²) in [5, 5.41) is 0. The standard InChI is InChI=1S/C12H12F4O3/c1-2-3-8(17)7-4-5-9(18-11(13)14)10(6-7)19-12(15)16/h4-6,11-12H,2-3H2,1H3. The van der Waals surface area contributed by atoms with Crippen LogP contribution in [0.2, 0.25) is 0 Å². The molecule has 0 fully saturated rings. The van der Waals surface area contributed by atoms with Crippen molar-refractivity contribution in [1.29, 1.82) is 0 Å². The highest BCUT2D eigenvalue weighted by molar-refractivity contribution is 5.96. The summed E-state index contributed by atoms with van der Waals surface area (Å²) in [7, 11) is 0. The number of alkyl halides is 4. The van der Waals surface area contributed by atoms with Crippen molar-refractivity contribution in [2.24, 2.45) is 0 Å². The molecule has 106 valence electrons. The van der Waals surface area contributed by atoms with Gasteiger partial charge in [-0.3, -0.25) is 4.79 Å². The van der Waals surface area contributed by atoms with E-state index in [0.717, 1.165) is 12.1 Å². The maximum atomic E-state index is 12.2. The fourth-order valence-electron chi connectivity index (χ4n) is 1.43. The van der Waals surface area contributed by atoms with E-state index in [2.05, 4.69) is 9.47 Å². The molecule has 0 heterocycles. The minimum atomic E-state index is -3.20. The Hall–Kier alpha value is -1.79. The quantitative estimate of drug-likeness (QED) is 0.561. The summed E-state index contributed by atoms with van der Waals surface area (Å²) in [6.45, 7) is -4.59. The number of ether oxygens (including phenoxy) is 2. The van der Waals surface area contributed by atoms with E-state index in [-0.39, 0.29) is 17.8 Å². The molecule has 1 rings (SSSR count). The van der Waals surface area contributed by atoms with Gasteiger partial charge in [-0.15, -0.1) is 0 Å². The Balaban J connectivity index is 3.03. The van der Waals surface area contributed by atoms with Crippen LogP contribution in [-0.4, -0.2) is 19.0 Å². The number of rotatable bonds is 7. The smallest absolute Gasteiger partial charge is 0.387 e. The van der Waals surface area contributed by atoms with Crippen molar-refractivity contribution in [3.05, 3.63) is 23.8 Å². The van der Waals surface area contributed by atoms with Crippen LogP contribution >= 0.6 is 0 Å². The van der Waals surface area contributed by atoms with Crippen LogP contribution in [0, 0.1) is 0 Å². The second-order valence-electron chi connectivity index (χ2n) is 3.59. The summed E-state index contributed by atoms with van der Waals surface area (Å²) < 4.78 is 56.6. The van der Waals surface area contributed by atoms with Crippen molar-refractivity contribution in [2.45, 2.75) is 33.0 Å². The van der Waals surface area contributed by atoms with E-state index in [0.29, 0.717) is 6.42 Å². The van der Waals surface area contributed by atoms with E-state index < -0.39 is 24.7 Å². The maximum Gasteiger partial charge on any atom is 0.387 e. The second kappa shape index (κ2) is 6.96. The topological polar surface area (TPSA) is 35.5 Å². The van der Waals surface area contributed by atoms with Crippen LogP contribution in [0.3, 0.4) is 0 Å². The van der Waals surface area contributed by atoms with Crippen LogP contribution in [0.5, 0.6) is 11.5 Å². The summed E-state index contributed by atoms with van der Waals surface area (Å²) in [6, 6.07) is 3.21. The molecule has 1 aromatic rings. The lowest BCUT2D eigenvalue weighted by atomic mass is 10.1. The van der Waals surface area contributed by atoms with Gasteiger partial charge in [-0.2, -0.15) is 17.6 Å². The Morgan fingerprint density at radius 3 is 2.21 bits per heavy atom. The first kappa shape index (κ1) is 15.3. The van der Waals surface area contributed by atoms with Gasteiger partial charge in [-0.05, 0) is 24.6 Å². The molecule has 0 spiro atoms. The van der Waals surface area contributed by atoms with Crippen molar-refractivity contribution in [3.63, 3.8) is 0 Å². The first-order chi connectivity index (χ1) is 8.93. The first-order valence-corrected chi connectivity index (χ1v) is 5.51. The van der Waals surface area contributed by atoms with Gasteiger partial charge in [-0.25, -0.2) is 0 Å². The van der Waals surface area contributed by atoms with Crippen molar-refractivity contribution in [1.82, 2.24) is 0 Å². The van der Waals surface area contributed by atoms with E-state index in [1.165, 1.54) is 6.07 Å². The Labute approximate surface area is 107 Å². The lowest BCUT2D eigenvalue weighted by molar-refractivity contribution is -0.0692. The normalized spacial score (nSPS) is 10.9. The molecular weight excluding hydrogens is 268 g/mol. The van der Waals surface area contributed by atoms with Crippen molar-refractivity contribution in [2.75, 3.05) is 0 Å². The van der Waals surface area contributed by atoms with Crippen LogP contribution in [0.4, 0.5) is 17.6 Å².